The molecule has 0 radical (unpaired) electrons. The van der Waals surface area contributed by atoms with Crippen molar-refractivity contribution in [2.45, 2.75) is 13.8 Å². The van der Waals surface area contributed by atoms with E-state index in [1.807, 2.05) is 54.8 Å². The third kappa shape index (κ3) is 1.54. The number of fused-ring (bicyclic) bond motifs is 1. The fourth-order valence-corrected chi connectivity index (χ4v) is 2.10. The molecule has 0 saturated heterocycles. The van der Waals surface area contributed by atoms with Crippen LogP contribution >= 0.6 is 0 Å². The second kappa shape index (κ2) is 3.84. The van der Waals surface area contributed by atoms with Crippen LogP contribution in [0.4, 0.5) is 5.82 Å². The maximum absolute atomic E-state index is 6.18. The number of aromatic nitrogens is 3. The SMILES string of the molecule is Cc1ccc(-c2nc3cccc(C)n3c2N)cn1. The highest BCUT2D eigenvalue weighted by molar-refractivity contribution is 5.74. The molecule has 4 heteroatoms. The number of anilines is 1. The summed E-state index contributed by atoms with van der Waals surface area (Å²) >= 11 is 0. The van der Waals surface area contributed by atoms with Crippen LogP contribution in [0, 0.1) is 13.8 Å². The third-order valence-corrected chi connectivity index (χ3v) is 3.06. The molecule has 0 unspecified atom stereocenters. The van der Waals surface area contributed by atoms with Crippen molar-refractivity contribution in [3.8, 4) is 11.3 Å². The molecule has 0 aliphatic heterocycles. The van der Waals surface area contributed by atoms with Crippen molar-refractivity contribution in [3.63, 3.8) is 0 Å². The van der Waals surface area contributed by atoms with Crippen molar-refractivity contribution in [1.29, 1.82) is 0 Å². The zero-order valence-corrected chi connectivity index (χ0v) is 10.4. The minimum absolute atomic E-state index is 0.661. The second-order valence-electron chi connectivity index (χ2n) is 4.39. The zero-order chi connectivity index (χ0) is 12.7. The fraction of sp³-hybridized carbons (Fsp3) is 0.143. The lowest BCUT2D eigenvalue weighted by Crippen LogP contribution is -1.97. The minimum atomic E-state index is 0.661. The van der Waals surface area contributed by atoms with Crippen LogP contribution in [0.2, 0.25) is 0 Å². The lowest BCUT2D eigenvalue weighted by atomic mass is 10.2. The second-order valence-corrected chi connectivity index (χ2v) is 4.39. The predicted octanol–water partition coefficient (Wildman–Crippen LogP) is 2.60. The number of aryl methyl sites for hydroxylation is 2. The molecule has 0 aromatic carbocycles. The number of nitrogens with zero attached hydrogens (tertiary/aromatic N) is 3. The molecule has 3 aromatic rings. The van der Waals surface area contributed by atoms with Gasteiger partial charge in [-0.05, 0) is 38.1 Å². The summed E-state index contributed by atoms with van der Waals surface area (Å²) in [4.78, 5) is 8.86. The highest BCUT2D eigenvalue weighted by Crippen LogP contribution is 2.26. The van der Waals surface area contributed by atoms with Gasteiger partial charge >= 0.3 is 0 Å². The van der Waals surface area contributed by atoms with Gasteiger partial charge in [0.1, 0.15) is 17.2 Å². The first-order valence-corrected chi connectivity index (χ1v) is 5.83. The van der Waals surface area contributed by atoms with Crippen LogP contribution in [-0.4, -0.2) is 14.4 Å². The molecule has 0 saturated carbocycles. The molecule has 18 heavy (non-hydrogen) atoms. The Balaban J connectivity index is 2.27. The highest BCUT2D eigenvalue weighted by Gasteiger charge is 2.12. The monoisotopic (exact) mass is 238 g/mol. The Bertz CT molecular complexity index is 710. The van der Waals surface area contributed by atoms with E-state index < -0.39 is 0 Å². The Morgan fingerprint density at radius 1 is 1.11 bits per heavy atom. The summed E-state index contributed by atoms with van der Waals surface area (Å²) in [5, 5.41) is 0. The zero-order valence-electron chi connectivity index (χ0n) is 10.4. The summed E-state index contributed by atoms with van der Waals surface area (Å²) in [6.07, 6.45) is 1.81. The maximum atomic E-state index is 6.18. The van der Waals surface area contributed by atoms with Crippen molar-refractivity contribution in [3.05, 3.63) is 47.9 Å². The van der Waals surface area contributed by atoms with E-state index in [1.165, 1.54) is 0 Å². The normalized spacial score (nSPS) is 11.0. The molecule has 0 fully saturated rings. The smallest absolute Gasteiger partial charge is 0.139 e. The van der Waals surface area contributed by atoms with Gasteiger partial charge in [0.15, 0.2) is 0 Å². The first kappa shape index (κ1) is 10.8. The summed E-state index contributed by atoms with van der Waals surface area (Å²) in [6.45, 7) is 3.98. The number of imidazole rings is 1. The molecule has 2 N–H and O–H groups in total. The number of nitrogens with two attached hydrogens (primary N) is 1. The fourth-order valence-electron chi connectivity index (χ4n) is 2.10. The number of nitrogen functional groups attached to an aromatic ring is 1. The molecule has 0 aliphatic carbocycles. The summed E-state index contributed by atoms with van der Waals surface area (Å²) in [7, 11) is 0. The van der Waals surface area contributed by atoms with Gasteiger partial charge in [0.05, 0.1) is 0 Å². The molecule has 3 heterocycles. The summed E-state index contributed by atoms with van der Waals surface area (Å²) in [5.74, 6) is 0.661. The molecule has 0 spiro atoms. The first-order valence-electron chi connectivity index (χ1n) is 5.83. The summed E-state index contributed by atoms with van der Waals surface area (Å²) < 4.78 is 1.95. The van der Waals surface area contributed by atoms with Gasteiger partial charge in [0, 0.05) is 23.1 Å². The van der Waals surface area contributed by atoms with Crippen LogP contribution in [0.1, 0.15) is 11.4 Å². The summed E-state index contributed by atoms with van der Waals surface area (Å²) in [6, 6.07) is 9.91. The van der Waals surface area contributed by atoms with Gasteiger partial charge in [0.25, 0.3) is 0 Å². The first-order chi connectivity index (χ1) is 8.66. The average Bonchev–Trinajstić information content (AvgIpc) is 2.69. The van der Waals surface area contributed by atoms with Gasteiger partial charge in [0.2, 0.25) is 0 Å². The molecule has 3 rings (SSSR count). The Hall–Kier alpha value is -2.36. The van der Waals surface area contributed by atoms with Crippen molar-refractivity contribution >= 4 is 11.5 Å². The largest absolute Gasteiger partial charge is 0.383 e. The van der Waals surface area contributed by atoms with Gasteiger partial charge in [-0.25, -0.2) is 4.98 Å². The van der Waals surface area contributed by atoms with Gasteiger partial charge in [-0.15, -0.1) is 0 Å². The molecule has 0 bridgehead atoms. The molecule has 0 aliphatic rings. The van der Waals surface area contributed by atoms with Gasteiger partial charge in [-0.1, -0.05) is 6.07 Å². The lowest BCUT2D eigenvalue weighted by Gasteiger charge is -2.02. The molecule has 0 amide bonds. The number of hydrogen-bond acceptors (Lipinski definition) is 3. The van der Waals surface area contributed by atoms with E-state index in [2.05, 4.69) is 9.97 Å². The molecular formula is C14H14N4. The standard InChI is InChI=1S/C14H14N4/c1-9-6-7-11(8-16-9)13-14(15)18-10(2)4-3-5-12(18)17-13/h3-8H,15H2,1-2H3. The van der Waals surface area contributed by atoms with Crippen LogP contribution in [0.25, 0.3) is 16.9 Å². The molecule has 4 nitrogen and oxygen atoms in total. The van der Waals surface area contributed by atoms with Gasteiger partial charge in [-0.3, -0.25) is 9.38 Å². The van der Waals surface area contributed by atoms with E-state index >= 15 is 0 Å². The highest BCUT2D eigenvalue weighted by atomic mass is 15.1. The predicted molar refractivity (Wildman–Crippen MR) is 72.3 cm³/mol. The third-order valence-electron chi connectivity index (χ3n) is 3.06. The van der Waals surface area contributed by atoms with Crippen LogP contribution in [0.15, 0.2) is 36.5 Å². The van der Waals surface area contributed by atoms with Gasteiger partial charge < -0.3 is 5.73 Å². The van der Waals surface area contributed by atoms with Crippen LogP contribution in [0.3, 0.4) is 0 Å². The lowest BCUT2D eigenvalue weighted by molar-refractivity contribution is 1.10. The van der Waals surface area contributed by atoms with E-state index in [9.17, 15) is 0 Å². The van der Waals surface area contributed by atoms with E-state index in [0.717, 1.165) is 28.3 Å². The maximum Gasteiger partial charge on any atom is 0.139 e. The van der Waals surface area contributed by atoms with Crippen LogP contribution in [0.5, 0.6) is 0 Å². The van der Waals surface area contributed by atoms with Crippen LogP contribution < -0.4 is 5.73 Å². The Kier molecular flexibility index (Phi) is 2.30. The number of rotatable bonds is 1. The molecule has 90 valence electrons. The number of pyridine rings is 2. The van der Waals surface area contributed by atoms with Gasteiger partial charge in [-0.2, -0.15) is 0 Å². The van der Waals surface area contributed by atoms with Crippen molar-refractivity contribution in [2.75, 3.05) is 5.73 Å². The van der Waals surface area contributed by atoms with E-state index in [-0.39, 0.29) is 0 Å². The molecule has 0 atom stereocenters. The molecular weight excluding hydrogens is 224 g/mol. The Morgan fingerprint density at radius 3 is 2.61 bits per heavy atom. The Morgan fingerprint density at radius 2 is 1.94 bits per heavy atom. The van der Waals surface area contributed by atoms with E-state index in [0.29, 0.717) is 5.82 Å². The van der Waals surface area contributed by atoms with Crippen molar-refractivity contribution < 1.29 is 0 Å². The minimum Gasteiger partial charge on any atom is -0.383 e. The van der Waals surface area contributed by atoms with Crippen LogP contribution in [-0.2, 0) is 0 Å². The summed E-state index contributed by atoms with van der Waals surface area (Å²) in [5.41, 5.74) is 10.8. The average molecular weight is 238 g/mol. The van der Waals surface area contributed by atoms with E-state index in [1.54, 1.807) is 0 Å². The van der Waals surface area contributed by atoms with Crippen molar-refractivity contribution in [1.82, 2.24) is 14.4 Å². The molecule has 3 aromatic heterocycles. The van der Waals surface area contributed by atoms with Crippen molar-refractivity contribution in [2.24, 2.45) is 0 Å². The number of hydrogen-bond donors (Lipinski definition) is 1. The van der Waals surface area contributed by atoms with E-state index in [4.69, 9.17) is 5.73 Å². The Labute approximate surface area is 105 Å². The quantitative estimate of drug-likeness (QED) is 0.709. The topological polar surface area (TPSA) is 56.2 Å².